The van der Waals surface area contributed by atoms with Gasteiger partial charge in [-0.15, -0.1) is 12.4 Å². The molecule has 0 saturated carbocycles. The second kappa shape index (κ2) is 5.71. The van der Waals surface area contributed by atoms with Crippen LogP contribution in [0.25, 0.3) is 0 Å². The minimum Gasteiger partial charge on any atom is -0.322 e. The molecule has 0 unspecified atom stereocenters. The van der Waals surface area contributed by atoms with E-state index in [0.29, 0.717) is 0 Å². The number of rotatable bonds is 2. The van der Waals surface area contributed by atoms with Gasteiger partial charge in [0.1, 0.15) is 12.5 Å². The highest BCUT2D eigenvalue weighted by atomic mass is 35.5. The van der Waals surface area contributed by atoms with Crippen molar-refractivity contribution < 1.29 is 8.78 Å². The molecule has 0 radical (unpaired) electrons. The first kappa shape index (κ1) is 13.9. The minimum absolute atomic E-state index is 0. The second-order valence-electron chi connectivity index (χ2n) is 2.52. The van der Waals surface area contributed by atoms with Gasteiger partial charge in [0.05, 0.1) is 11.1 Å². The Morgan fingerprint density at radius 2 is 1.79 bits per heavy atom. The van der Waals surface area contributed by atoms with Gasteiger partial charge in [-0.1, -0.05) is 23.2 Å². The fourth-order valence-corrected chi connectivity index (χ4v) is 1.41. The molecule has 0 bridgehead atoms. The summed E-state index contributed by atoms with van der Waals surface area (Å²) in [5.41, 5.74) is 5.23. The van der Waals surface area contributed by atoms with E-state index in [4.69, 9.17) is 28.9 Å². The summed E-state index contributed by atoms with van der Waals surface area (Å²) >= 11 is 11.1. The molecule has 0 aliphatic rings. The van der Waals surface area contributed by atoms with Gasteiger partial charge in [-0.2, -0.15) is 0 Å². The number of hydrogen-bond acceptors (Lipinski definition) is 1. The van der Waals surface area contributed by atoms with Crippen LogP contribution in [0.3, 0.4) is 0 Å². The smallest absolute Gasteiger partial charge is 0.148 e. The molecule has 14 heavy (non-hydrogen) atoms. The van der Waals surface area contributed by atoms with Crippen LogP contribution in [0.4, 0.5) is 8.78 Å². The number of alkyl halides is 1. The zero-order valence-electron chi connectivity index (χ0n) is 6.94. The van der Waals surface area contributed by atoms with Crippen LogP contribution in [-0.4, -0.2) is 6.67 Å². The van der Waals surface area contributed by atoms with Crippen molar-refractivity contribution in [3.8, 4) is 0 Å². The largest absolute Gasteiger partial charge is 0.322 e. The predicted molar refractivity (Wildman–Crippen MR) is 56.6 cm³/mol. The topological polar surface area (TPSA) is 26.0 Å². The van der Waals surface area contributed by atoms with Gasteiger partial charge in [-0.05, 0) is 12.1 Å². The van der Waals surface area contributed by atoms with Crippen molar-refractivity contribution in [1.82, 2.24) is 0 Å². The van der Waals surface area contributed by atoms with Gasteiger partial charge >= 0.3 is 0 Å². The number of benzene rings is 1. The molecule has 0 amide bonds. The Kier molecular flexibility index (Phi) is 5.67. The quantitative estimate of drug-likeness (QED) is 0.811. The molecule has 1 nitrogen and oxygen atoms in total. The van der Waals surface area contributed by atoms with Crippen LogP contribution < -0.4 is 5.73 Å². The monoisotopic (exact) mass is 261 g/mol. The molecule has 1 atom stereocenters. The summed E-state index contributed by atoms with van der Waals surface area (Å²) < 4.78 is 25.4. The molecule has 0 aliphatic heterocycles. The lowest BCUT2D eigenvalue weighted by Gasteiger charge is -2.11. The fourth-order valence-electron chi connectivity index (χ4n) is 0.960. The molecule has 0 aliphatic carbocycles. The van der Waals surface area contributed by atoms with Crippen LogP contribution in [0.1, 0.15) is 11.6 Å². The molecule has 0 heterocycles. The maximum absolute atomic E-state index is 13.2. The van der Waals surface area contributed by atoms with Crippen molar-refractivity contribution in [2.24, 2.45) is 5.73 Å². The molecule has 0 saturated heterocycles. The Morgan fingerprint density at radius 1 is 1.29 bits per heavy atom. The van der Waals surface area contributed by atoms with Crippen LogP contribution in [0.5, 0.6) is 0 Å². The highest BCUT2D eigenvalue weighted by Crippen LogP contribution is 2.29. The molecule has 0 spiro atoms. The highest BCUT2D eigenvalue weighted by Gasteiger charge is 2.17. The van der Waals surface area contributed by atoms with Gasteiger partial charge in [-0.3, -0.25) is 0 Å². The van der Waals surface area contributed by atoms with E-state index in [1.165, 1.54) is 12.1 Å². The van der Waals surface area contributed by atoms with E-state index in [1.807, 2.05) is 0 Å². The standard InChI is InChI=1S/C8H7Cl2F2N.ClH/c9-4-1-2-5(10)8(12)7(4)6(13)3-11;/h1-2,6H,3,13H2;1H/t6-;/m1./s1. The minimum atomic E-state index is -1.06. The van der Waals surface area contributed by atoms with E-state index in [1.54, 1.807) is 0 Å². The average molecular weight is 263 g/mol. The van der Waals surface area contributed by atoms with Crippen LogP contribution in [0.15, 0.2) is 12.1 Å². The zero-order valence-corrected chi connectivity index (χ0v) is 9.26. The third-order valence-corrected chi connectivity index (χ3v) is 2.24. The summed E-state index contributed by atoms with van der Waals surface area (Å²) in [4.78, 5) is 0. The Morgan fingerprint density at radius 3 is 2.29 bits per heavy atom. The summed E-state index contributed by atoms with van der Waals surface area (Å²) in [6, 6.07) is 1.62. The molecule has 80 valence electrons. The summed E-state index contributed by atoms with van der Waals surface area (Å²) in [7, 11) is 0. The summed E-state index contributed by atoms with van der Waals surface area (Å²) in [6.45, 7) is -0.878. The lowest BCUT2D eigenvalue weighted by Crippen LogP contribution is -2.14. The Balaban J connectivity index is 0.00000169. The van der Waals surface area contributed by atoms with Crippen molar-refractivity contribution >= 4 is 35.6 Å². The first-order chi connectivity index (χ1) is 6.07. The Bertz CT molecular complexity index is 320. The zero-order chi connectivity index (χ0) is 10.0. The predicted octanol–water partition coefficient (Wildman–Crippen LogP) is 3.52. The van der Waals surface area contributed by atoms with Gasteiger partial charge in [0.15, 0.2) is 0 Å². The van der Waals surface area contributed by atoms with Gasteiger partial charge in [0.25, 0.3) is 0 Å². The molecule has 2 N–H and O–H groups in total. The van der Waals surface area contributed by atoms with E-state index >= 15 is 0 Å². The number of halogens is 5. The highest BCUT2D eigenvalue weighted by molar-refractivity contribution is 6.33. The van der Waals surface area contributed by atoms with E-state index < -0.39 is 18.5 Å². The third-order valence-electron chi connectivity index (χ3n) is 1.62. The molecule has 1 aromatic carbocycles. The van der Waals surface area contributed by atoms with Crippen LogP contribution in [-0.2, 0) is 0 Å². The molecule has 1 rings (SSSR count). The van der Waals surface area contributed by atoms with Crippen molar-refractivity contribution in [3.05, 3.63) is 33.6 Å². The molecule has 1 aromatic rings. The van der Waals surface area contributed by atoms with Crippen molar-refractivity contribution in [2.45, 2.75) is 6.04 Å². The van der Waals surface area contributed by atoms with E-state index in [2.05, 4.69) is 0 Å². The Labute approximate surface area is 96.6 Å². The second-order valence-corrected chi connectivity index (χ2v) is 3.33. The first-order valence-electron chi connectivity index (χ1n) is 3.53. The molecule has 0 aromatic heterocycles. The van der Waals surface area contributed by atoms with Crippen molar-refractivity contribution in [2.75, 3.05) is 6.67 Å². The molecular weight excluding hydrogens is 254 g/mol. The molecule has 6 heteroatoms. The summed E-state index contributed by atoms with van der Waals surface area (Å²) in [6.07, 6.45) is 0. The van der Waals surface area contributed by atoms with E-state index in [-0.39, 0.29) is 28.0 Å². The van der Waals surface area contributed by atoms with Gasteiger partial charge < -0.3 is 5.73 Å². The molecule has 0 fully saturated rings. The molecular formula is C8H8Cl3F2N. The summed E-state index contributed by atoms with van der Waals surface area (Å²) in [5.74, 6) is -0.751. The van der Waals surface area contributed by atoms with E-state index in [9.17, 15) is 8.78 Å². The average Bonchev–Trinajstić information content (AvgIpc) is 2.12. The van der Waals surface area contributed by atoms with Crippen LogP contribution in [0, 0.1) is 5.82 Å². The van der Waals surface area contributed by atoms with Crippen molar-refractivity contribution in [1.29, 1.82) is 0 Å². The van der Waals surface area contributed by atoms with Gasteiger partial charge in [-0.25, -0.2) is 8.78 Å². The fraction of sp³-hybridized carbons (Fsp3) is 0.250. The third kappa shape index (κ3) is 2.70. The van der Waals surface area contributed by atoms with Crippen molar-refractivity contribution in [3.63, 3.8) is 0 Å². The summed E-state index contributed by atoms with van der Waals surface area (Å²) in [5, 5.41) is -0.0182. The maximum atomic E-state index is 13.2. The Hall–Kier alpha value is -0.0900. The first-order valence-corrected chi connectivity index (χ1v) is 4.28. The lowest BCUT2D eigenvalue weighted by atomic mass is 10.1. The van der Waals surface area contributed by atoms with Crippen LogP contribution in [0.2, 0.25) is 10.0 Å². The van der Waals surface area contributed by atoms with E-state index in [0.717, 1.165) is 0 Å². The number of hydrogen-bond donors (Lipinski definition) is 1. The van der Waals surface area contributed by atoms with Gasteiger partial charge in [0.2, 0.25) is 0 Å². The SMILES string of the molecule is Cl.N[C@H](CF)c1c(Cl)ccc(Cl)c1F. The number of nitrogens with two attached hydrogens (primary N) is 1. The van der Waals surface area contributed by atoms with Crippen LogP contribution >= 0.6 is 35.6 Å². The lowest BCUT2D eigenvalue weighted by molar-refractivity contribution is 0.427. The van der Waals surface area contributed by atoms with Gasteiger partial charge in [0, 0.05) is 10.6 Å². The maximum Gasteiger partial charge on any atom is 0.148 e. The normalized spacial score (nSPS) is 12.1.